The number of amides is 2. The van der Waals surface area contributed by atoms with Crippen LogP contribution in [-0.2, 0) is 9.53 Å². The average Bonchev–Trinajstić information content (AvgIpc) is 2.45. The summed E-state index contributed by atoms with van der Waals surface area (Å²) in [6.07, 6.45) is 0. The van der Waals surface area contributed by atoms with Gasteiger partial charge < -0.3 is 20.3 Å². The summed E-state index contributed by atoms with van der Waals surface area (Å²) in [5, 5.41) is 0. The van der Waals surface area contributed by atoms with Crippen LogP contribution >= 0.6 is 0 Å². The summed E-state index contributed by atoms with van der Waals surface area (Å²) in [5.74, 6) is -1.19. The maximum absolute atomic E-state index is 13.2. The molecule has 0 unspecified atom stereocenters. The van der Waals surface area contributed by atoms with E-state index in [2.05, 4.69) is 0 Å². The van der Waals surface area contributed by atoms with Crippen molar-refractivity contribution in [1.29, 1.82) is 0 Å². The molecule has 0 saturated heterocycles. The van der Waals surface area contributed by atoms with Crippen molar-refractivity contribution in [2.45, 2.75) is 0 Å². The average molecular weight is 297 g/mol. The zero-order valence-corrected chi connectivity index (χ0v) is 12.4. The third-order valence-corrected chi connectivity index (χ3v) is 2.92. The number of halogens is 1. The van der Waals surface area contributed by atoms with E-state index in [-0.39, 0.29) is 30.2 Å². The van der Waals surface area contributed by atoms with Crippen LogP contribution in [0.4, 0.5) is 10.1 Å². The standard InChI is InChI=1S/C14H20FN3O3/c1-17(2)13(19)9-18(6-7-21-3)14(20)10-4-5-11(15)12(16)8-10/h4-5,8H,6-7,9,16H2,1-3H3. The summed E-state index contributed by atoms with van der Waals surface area (Å²) < 4.78 is 18.1. The molecule has 1 rings (SSSR count). The fraction of sp³-hybridized carbons (Fsp3) is 0.429. The highest BCUT2D eigenvalue weighted by atomic mass is 19.1. The number of likely N-dealkylation sites (N-methyl/N-ethyl adjacent to an activating group) is 1. The lowest BCUT2D eigenvalue weighted by Gasteiger charge is -2.23. The van der Waals surface area contributed by atoms with Crippen molar-refractivity contribution in [3.63, 3.8) is 0 Å². The highest BCUT2D eigenvalue weighted by molar-refractivity contribution is 5.97. The molecule has 0 aliphatic carbocycles. The minimum Gasteiger partial charge on any atom is -0.396 e. The van der Waals surface area contributed by atoms with Crippen LogP contribution in [0.15, 0.2) is 18.2 Å². The Hall–Kier alpha value is -2.15. The molecule has 0 fully saturated rings. The van der Waals surface area contributed by atoms with Crippen LogP contribution in [0.1, 0.15) is 10.4 Å². The number of carbonyl (C=O) groups excluding carboxylic acids is 2. The van der Waals surface area contributed by atoms with Crippen molar-refractivity contribution >= 4 is 17.5 Å². The van der Waals surface area contributed by atoms with Gasteiger partial charge in [0.15, 0.2) is 0 Å². The normalized spacial score (nSPS) is 10.3. The van der Waals surface area contributed by atoms with Crippen LogP contribution in [0.2, 0.25) is 0 Å². The Morgan fingerprint density at radius 2 is 2.00 bits per heavy atom. The lowest BCUT2D eigenvalue weighted by molar-refractivity contribution is -0.129. The SMILES string of the molecule is COCCN(CC(=O)N(C)C)C(=O)c1ccc(F)c(N)c1. The maximum Gasteiger partial charge on any atom is 0.254 e. The van der Waals surface area contributed by atoms with E-state index >= 15 is 0 Å². The Labute approximate surface area is 123 Å². The molecule has 0 aliphatic rings. The highest BCUT2D eigenvalue weighted by Gasteiger charge is 2.20. The molecule has 0 aromatic heterocycles. The van der Waals surface area contributed by atoms with Crippen LogP contribution in [0.5, 0.6) is 0 Å². The third-order valence-electron chi connectivity index (χ3n) is 2.92. The number of ether oxygens (including phenoxy) is 1. The summed E-state index contributed by atoms with van der Waals surface area (Å²) in [6, 6.07) is 3.73. The molecule has 21 heavy (non-hydrogen) atoms. The van der Waals surface area contributed by atoms with E-state index < -0.39 is 11.7 Å². The van der Waals surface area contributed by atoms with Gasteiger partial charge in [0.05, 0.1) is 12.3 Å². The number of anilines is 1. The molecule has 0 radical (unpaired) electrons. The minimum atomic E-state index is -0.584. The third kappa shape index (κ3) is 4.71. The Kier molecular flexibility index (Phi) is 6.10. The Morgan fingerprint density at radius 3 is 2.52 bits per heavy atom. The molecule has 1 aromatic carbocycles. The van der Waals surface area contributed by atoms with Crippen molar-refractivity contribution in [2.24, 2.45) is 0 Å². The first-order valence-electron chi connectivity index (χ1n) is 6.40. The van der Waals surface area contributed by atoms with Crippen molar-refractivity contribution in [2.75, 3.05) is 46.6 Å². The largest absolute Gasteiger partial charge is 0.396 e. The number of methoxy groups -OCH3 is 1. The molecular formula is C14H20FN3O3. The lowest BCUT2D eigenvalue weighted by Crippen LogP contribution is -2.41. The molecule has 2 amide bonds. The molecular weight excluding hydrogens is 277 g/mol. The van der Waals surface area contributed by atoms with E-state index in [4.69, 9.17) is 10.5 Å². The fourth-order valence-corrected chi connectivity index (χ4v) is 1.62. The second-order valence-electron chi connectivity index (χ2n) is 4.74. The van der Waals surface area contributed by atoms with Gasteiger partial charge in [-0.2, -0.15) is 0 Å². The molecule has 0 spiro atoms. The summed E-state index contributed by atoms with van der Waals surface area (Å²) in [7, 11) is 4.72. The summed E-state index contributed by atoms with van der Waals surface area (Å²) in [6.45, 7) is 0.474. The fourth-order valence-electron chi connectivity index (χ4n) is 1.62. The molecule has 0 aliphatic heterocycles. The molecule has 0 saturated carbocycles. The number of hydrogen-bond acceptors (Lipinski definition) is 4. The van der Waals surface area contributed by atoms with E-state index in [1.165, 1.54) is 29.0 Å². The van der Waals surface area contributed by atoms with Gasteiger partial charge in [-0.15, -0.1) is 0 Å². The molecule has 0 bridgehead atoms. The van der Waals surface area contributed by atoms with Crippen LogP contribution in [0.3, 0.4) is 0 Å². The predicted octanol–water partition coefficient (Wildman–Crippen LogP) is 0.585. The number of nitrogens with zero attached hydrogens (tertiary/aromatic N) is 2. The molecule has 0 atom stereocenters. The second kappa shape index (κ2) is 7.58. The molecule has 7 heteroatoms. The zero-order chi connectivity index (χ0) is 16.0. The van der Waals surface area contributed by atoms with Gasteiger partial charge in [-0.25, -0.2) is 4.39 Å². The molecule has 116 valence electrons. The second-order valence-corrected chi connectivity index (χ2v) is 4.74. The van der Waals surface area contributed by atoms with Gasteiger partial charge in [0.25, 0.3) is 5.91 Å². The first-order chi connectivity index (χ1) is 9.86. The first kappa shape index (κ1) is 16.9. The minimum absolute atomic E-state index is 0.0769. The van der Waals surface area contributed by atoms with E-state index in [0.717, 1.165) is 6.07 Å². The Bertz CT molecular complexity index is 520. The summed E-state index contributed by atoms with van der Waals surface area (Å²) in [5.41, 5.74) is 5.59. The van der Waals surface area contributed by atoms with Gasteiger partial charge in [0.1, 0.15) is 12.4 Å². The predicted molar refractivity (Wildman–Crippen MR) is 77.3 cm³/mol. The zero-order valence-electron chi connectivity index (χ0n) is 12.4. The summed E-state index contributed by atoms with van der Waals surface area (Å²) >= 11 is 0. The number of nitrogen functional groups attached to an aromatic ring is 1. The van der Waals surface area contributed by atoms with Crippen molar-refractivity contribution in [1.82, 2.24) is 9.80 Å². The summed E-state index contributed by atoms with van der Waals surface area (Å²) in [4.78, 5) is 26.9. The lowest BCUT2D eigenvalue weighted by atomic mass is 10.1. The van der Waals surface area contributed by atoms with E-state index in [9.17, 15) is 14.0 Å². The van der Waals surface area contributed by atoms with Crippen LogP contribution < -0.4 is 5.73 Å². The van der Waals surface area contributed by atoms with Crippen molar-refractivity contribution < 1.29 is 18.7 Å². The molecule has 6 nitrogen and oxygen atoms in total. The number of carbonyl (C=O) groups is 2. The van der Waals surface area contributed by atoms with Gasteiger partial charge in [0, 0.05) is 33.3 Å². The first-order valence-corrected chi connectivity index (χ1v) is 6.40. The molecule has 0 heterocycles. The van der Waals surface area contributed by atoms with E-state index in [1.807, 2.05) is 0 Å². The van der Waals surface area contributed by atoms with Crippen LogP contribution in [0, 0.1) is 5.82 Å². The number of hydrogen-bond donors (Lipinski definition) is 1. The smallest absolute Gasteiger partial charge is 0.254 e. The monoisotopic (exact) mass is 297 g/mol. The molecule has 1 aromatic rings. The van der Waals surface area contributed by atoms with Gasteiger partial charge in [-0.1, -0.05) is 0 Å². The van der Waals surface area contributed by atoms with Gasteiger partial charge in [0.2, 0.25) is 5.91 Å². The quantitative estimate of drug-likeness (QED) is 0.780. The Morgan fingerprint density at radius 1 is 1.33 bits per heavy atom. The number of benzene rings is 1. The Balaban J connectivity index is 2.92. The van der Waals surface area contributed by atoms with Gasteiger partial charge in [-0.05, 0) is 18.2 Å². The van der Waals surface area contributed by atoms with Crippen LogP contribution in [-0.4, -0.2) is 62.5 Å². The van der Waals surface area contributed by atoms with Crippen molar-refractivity contribution in [3.05, 3.63) is 29.6 Å². The number of rotatable bonds is 6. The van der Waals surface area contributed by atoms with Gasteiger partial charge >= 0.3 is 0 Å². The van der Waals surface area contributed by atoms with Crippen LogP contribution in [0.25, 0.3) is 0 Å². The molecule has 2 N–H and O–H groups in total. The number of nitrogens with two attached hydrogens (primary N) is 1. The van der Waals surface area contributed by atoms with Crippen molar-refractivity contribution in [3.8, 4) is 0 Å². The maximum atomic E-state index is 13.2. The highest BCUT2D eigenvalue weighted by Crippen LogP contribution is 2.14. The van der Waals surface area contributed by atoms with E-state index in [1.54, 1.807) is 14.1 Å². The van der Waals surface area contributed by atoms with Gasteiger partial charge in [-0.3, -0.25) is 9.59 Å². The van der Waals surface area contributed by atoms with E-state index in [0.29, 0.717) is 6.61 Å². The topological polar surface area (TPSA) is 75.9 Å².